The summed E-state index contributed by atoms with van der Waals surface area (Å²) in [6.45, 7) is 5.10. The first-order valence-corrected chi connectivity index (χ1v) is 8.26. The van der Waals surface area contributed by atoms with Crippen molar-refractivity contribution in [1.29, 1.82) is 0 Å². The molecule has 0 spiro atoms. The molecule has 0 bridgehead atoms. The largest absolute Gasteiger partial charge is 0.329 e. The average Bonchev–Trinajstić information content (AvgIpc) is 2.94. The Morgan fingerprint density at radius 1 is 1.05 bits per heavy atom. The molecule has 2 saturated heterocycles. The highest BCUT2D eigenvalue weighted by Crippen LogP contribution is 2.34. The molecule has 3 aliphatic rings. The number of fused-ring (bicyclic) bond motifs is 1. The second-order valence-electron chi connectivity index (χ2n) is 6.77. The van der Waals surface area contributed by atoms with Crippen LogP contribution in [0.2, 0.25) is 0 Å². The maximum absolute atomic E-state index is 12.8. The zero-order valence-corrected chi connectivity index (χ0v) is 12.7. The Kier molecular flexibility index (Phi) is 3.74. The Hall–Kier alpha value is -1.06. The van der Waals surface area contributed by atoms with Crippen LogP contribution in [0.3, 0.4) is 0 Å². The van der Waals surface area contributed by atoms with Crippen molar-refractivity contribution in [2.75, 3.05) is 6.54 Å². The van der Waals surface area contributed by atoms with E-state index in [-0.39, 0.29) is 23.9 Å². The number of carbonyl (C=O) groups is 2. The van der Waals surface area contributed by atoms with Gasteiger partial charge in [-0.3, -0.25) is 9.59 Å². The standard InChI is InChI=1S/C16H26N2O2/c1-3-13-15(19)17-10-4-5-14(17)16(20)18(13)12-8-6-11(2)7-9-12/h11-14H,3-10H2,1-2H3. The molecule has 112 valence electrons. The van der Waals surface area contributed by atoms with E-state index in [4.69, 9.17) is 0 Å². The van der Waals surface area contributed by atoms with Crippen molar-refractivity contribution in [3.8, 4) is 0 Å². The van der Waals surface area contributed by atoms with Gasteiger partial charge in [0.05, 0.1) is 0 Å². The number of piperazine rings is 1. The van der Waals surface area contributed by atoms with E-state index < -0.39 is 0 Å². The maximum Gasteiger partial charge on any atom is 0.246 e. The normalized spacial score (nSPS) is 38.3. The number of amides is 2. The monoisotopic (exact) mass is 278 g/mol. The molecule has 2 unspecified atom stereocenters. The lowest BCUT2D eigenvalue weighted by Crippen LogP contribution is -2.65. The van der Waals surface area contributed by atoms with Crippen molar-refractivity contribution in [3.05, 3.63) is 0 Å². The van der Waals surface area contributed by atoms with Gasteiger partial charge in [-0.2, -0.15) is 0 Å². The van der Waals surface area contributed by atoms with Crippen LogP contribution >= 0.6 is 0 Å². The Bertz CT molecular complexity index is 401. The molecule has 0 aromatic rings. The third kappa shape index (κ3) is 2.13. The molecular formula is C16H26N2O2. The number of carbonyl (C=O) groups excluding carboxylic acids is 2. The first-order valence-electron chi connectivity index (χ1n) is 8.26. The first kappa shape index (κ1) is 13.9. The lowest BCUT2D eigenvalue weighted by Gasteiger charge is -2.47. The minimum atomic E-state index is -0.199. The van der Waals surface area contributed by atoms with E-state index in [0.29, 0.717) is 6.04 Å². The van der Waals surface area contributed by atoms with Gasteiger partial charge in [0.25, 0.3) is 0 Å². The molecule has 0 radical (unpaired) electrons. The van der Waals surface area contributed by atoms with Gasteiger partial charge in [0.1, 0.15) is 12.1 Å². The number of nitrogens with zero attached hydrogens (tertiary/aromatic N) is 2. The third-order valence-electron chi connectivity index (χ3n) is 5.46. The quantitative estimate of drug-likeness (QED) is 0.777. The van der Waals surface area contributed by atoms with Crippen molar-refractivity contribution < 1.29 is 9.59 Å². The highest BCUT2D eigenvalue weighted by molar-refractivity contribution is 5.97. The molecule has 3 rings (SSSR count). The fourth-order valence-corrected chi connectivity index (χ4v) is 4.25. The molecule has 3 fully saturated rings. The summed E-state index contributed by atoms with van der Waals surface area (Å²) in [4.78, 5) is 29.3. The van der Waals surface area contributed by atoms with Crippen LogP contribution in [-0.4, -0.2) is 46.3 Å². The molecule has 2 heterocycles. The van der Waals surface area contributed by atoms with E-state index in [1.165, 1.54) is 12.8 Å². The van der Waals surface area contributed by atoms with Crippen molar-refractivity contribution in [2.45, 2.75) is 76.9 Å². The summed E-state index contributed by atoms with van der Waals surface area (Å²) in [6, 6.07) is -0.0461. The number of hydrogen-bond donors (Lipinski definition) is 0. The number of rotatable bonds is 2. The Morgan fingerprint density at radius 2 is 1.75 bits per heavy atom. The van der Waals surface area contributed by atoms with E-state index in [1.54, 1.807) is 0 Å². The molecule has 2 aliphatic heterocycles. The van der Waals surface area contributed by atoms with Crippen molar-refractivity contribution in [2.24, 2.45) is 5.92 Å². The molecular weight excluding hydrogens is 252 g/mol. The van der Waals surface area contributed by atoms with Gasteiger partial charge >= 0.3 is 0 Å². The topological polar surface area (TPSA) is 40.6 Å². The summed E-state index contributed by atoms with van der Waals surface area (Å²) in [5.74, 6) is 1.20. The van der Waals surface area contributed by atoms with Crippen LogP contribution in [0.25, 0.3) is 0 Å². The van der Waals surface area contributed by atoms with Crippen LogP contribution < -0.4 is 0 Å². The molecule has 0 N–H and O–H groups in total. The maximum atomic E-state index is 12.8. The first-order chi connectivity index (χ1) is 9.63. The summed E-state index contributed by atoms with van der Waals surface area (Å²) < 4.78 is 0. The SMILES string of the molecule is CCC1C(=O)N2CCCC2C(=O)N1C1CCC(C)CC1. The van der Waals surface area contributed by atoms with Gasteiger partial charge < -0.3 is 9.80 Å². The molecule has 0 aromatic carbocycles. The Morgan fingerprint density at radius 3 is 2.40 bits per heavy atom. The highest BCUT2D eigenvalue weighted by atomic mass is 16.2. The van der Waals surface area contributed by atoms with Gasteiger partial charge in [-0.15, -0.1) is 0 Å². The second kappa shape index (κ2) is 5.38. The van der Waals surface area contributed by atoms with Gasteiger partial charge in [0.15, 0.2) is 0 Å². The molecule has 0 aromatic heterocycles. The van der Waals surface area contributed by atoms with Gasteiger partial charge in [0.2, 0.25) is 11.8 Å². The predicted molar refractivity (Wildman–Crippen MR) is 77.1 cm³/mol. The van der Waals surface area contributed by atoms with Gasteiger partial charge in [-0.25, -0.2) is 0 Å². The molecule has 20 heavy (non-hydrogen) atoms. The molecule has 1 saturated carbocycles. The summed E-state index contributed by atoms with van der Waals surface area (Å²) in [7, 11) is 0. The summed E-state index contributed by atoms with van der Waals surface area (Å²) in [6.07, 6.45) is 7.11. The lowest BCUT2D eigenvalue weighted by atomic mass is 9.85. The van der Waals surface area contributed by atoms with E-state index in [2.05, 4.69) is 6.92 Å². The van der Waals surface area contributed by atoms with Gasteiger partial charge in [-0.05, 0) is 50.9 Å². The summed E-state index contributed by atoms with van der Waals surface area (Å²) in [5, 5.41) is 0. The minimum absolute atomic E-state index is 0.148. The van der Waals surface area contributed by atoms with E-state index in [9.17, 15) is 9.59 Å². The Balaban J connectivity index is 1.83. The van der Waals surface area contributed by atoms with Gasteiger partial charge in [0, 0.05) is 12.6 Å². The molecule has 2 atom stereocenters. The summed E-state index contributed by atoms with van der Waals surface area (Å²) >= 11 is 0. The van der Waals surface area contributed by atoms with Crippen LogP contribution in [0, 0.1) is 5.92 Å². The van der Waals surface area contributed by atoms with Crippen molar-refractivity contribution >= 4 is 11.8 Å². The van der Waals surface area contributed by atoms with Crippen LogP contribution in [0.1, 0.15) is 58.8 Å². The molecule has 4 heteroatoms. The molecule has 1 aliphatic carbocycles. The number of hydrogen-bond acceptors (Lipinski definition) is 2. The Labute approximate surface area is 121 Å². The fraction of sp³-hybridized carbons (Fsp3) is 0.875. The fourth-order valence-electron chi connectivity index (χ4n) is 4.25. The second-order valence-corrected chi connectivity index (χ2v) is 6.77. The zero-order valence-electron chi connectivity index (χ0n) is 12.7. The van der Waals surface area contributed by atoms with Crippen molar-refractivity contribution in [1.82, 2.24) is 9.80 Å². The minimum Gasteiger partial charge on any atom is -0.329 e. The average molecular weight is 278 g/mol. The molecule has 2 amide bonds. The van der Waals surface area contributed by atoms with E-state index >= 15 is 0 Å². The summed E-state index contributed by atoms with van der Waals surface area (Å²) in [5.41, 5.74) is 0. The predicted octanol–water partition coefficient (Wildman–Crippen LogP) is 2.18. The van der Waals surface area contributed by atoms with E-state index in [0.717, 1.165) is 44.6 Å². The van der Waals surface area contributed by atoms with Crippen LogP contribution in [-0.2, 0) is 9.59 Å². The van der Waals surface area contributed by atoms with Gasteiger partial charge in [-0.1, -0.05) is 13.8 Å². The van der Waals surface area contributed by atoms with Crippen LogP contribution in [0.5, 0.6) is 0 Å². The molecule has 4 nitrogen and oxygen atoms in total. The third-order valence-corrected chi connectivity index (χ3v) is 5.46. The smallest absolute Gasteiger partial charge is 0.246 e. The van der Waals surface area contributed by atoms with E-state index in [1.807, 2.05) is 16.7 Å². The zero-order chi connectivity index (χ0) is 14.3. The van der Waals surface area contributed by atoms with Crippen molar-refractivity contribution in [3.63, 3.8) is 0 Å². The van der Waals surface area contributed by atoms with Crippen LogP contribution in [0.15, 0.2) is 0 Å². The lowest BCUT2D eigenvalue weighted by molar-refractivity contribution is -0.163. The van der Waals surface area contributed by atoms with Crippen LogP contribution in [0.4, 0.5) is 0 Å². The highest BCUT2D eigenvalue weighted by Gasteiger charge is 2.49.